The molecule has 5 nitrogen and oxygen atoms in total. The molecule has 5 heteroatoms. The first-order valence-corrected chi connectivity index (χ1v) is 9.58. The third-order valence-corrected chi connectivity index (χ3v) is 5.16. The number of carbonyl (C=O) groups is 1. The number of methoxy groups -OCH3 is 1. The van der Waals surface area contributed by atoms with Crippen LogP contribution in [0.4, 0.5) is 0 Å². The molecule has 0 atom stereocenters. The summed E-state index contributed by atoms with van der Waals surface area (Å²) in [5, 5.41) is 0. The lowest BCUT2D eigenvalue weighted by Crippen LogP contribution is -2.33. The number of ether oxygens (including phenoxy) is 3. The van der Waals surface area contributed by atoms with Crippen LogP contribution in [0.3, 0.4) is 0 Å². The lowest BCUT2D eigenvalue weighted by Gasteiger charge is -2.30. The van der Waals surface area contributed by atoms with Gasteiger partial charge in [-0.25, -0.2) is 0 Å². The summed E-state index contributed by atoms with van der Waals surface area (Å²) < 4.78 is 17.1. The van der Waals surface area contributed by atoms with Crippen molar-refractivity contribution in [3.8, 4) is 11.5 Å². The zero-order valence-electron chi connectivity index (χ0n) is 16.6. The van der Waals surface area contributed by atoms with Gasteiger partial charge in [-0.3, -0.25) is 9.69 Å². The van der Waals surface area contributed by atoms with E-state index in [0.717, 1.165) is 54.1 Å². The Bertz CT molecular complexity index is 948. The molecule has 0 aromatic heterocycles. The predicted octanol–water partition coefficient (Wildman–Crippen LogP) is 4.11. The van der Waals surface area contributed by atoms with E-state index in [1.165, 1.54) is 0 Å². The van der Waals surface area contributed by atoms with Crippen LogP contribution in [0.1, 0.15) is 39.0 Å². The van der Waals surface area contributed by atoms with Crippen molar-refractivity contribution >= 4 is 11.9 Å². The van der Waals surface area contributed by atoms with E-state index >= 15 is 0 Å². The molecular formula is C23H25NO4. The first-order valence-electron chi connectivity index (χ1n) is 9.58. The van der Waals surface area contributed by atoms with E-state index in [2.05, 4.69) is 4.90 Å². The molecule has 0 N–H and O–H groups in total. The van der Waals surface area contributed by atoms with Gasteiger partial charge in [0.2, 0.25) is 5.78 Å². The second-order valence-electron chi connectivity index (χ2n) is 7.39. The van der Waals surface area contributed by atoms with Gasteiger partial charge in [-0.15, -0.1) is 0 Å². The number of benzene rings is 2. The van der Waals surface area contributed by atoms with E-state index in [1.807, 2.05) is 50.3 Å². The van der Waals surface area contributed by atoms with Gasteiger partial charge < -0.3 is 14.2 Å². The number of Topliss-reactive ketones (excluding diaryl/α,β-unsaturated/α-hetero) is 1. The summed E-state index contributed by atoms with van der Waals surface area (Å²) in [6, 6.07) is 9.94. The lowest BCUT2D eigenvalue weighted by atomic mass is 10.00. The van der Waals surface area contributed by atoms with Crippen molar-refractivity contribution in [3.63, 3.8) is 0 Å². The van der Waals surface area contributed by atoms with Crippen molar-refractivity contribution < 1.29 is 19.0 Å². The fraction of sp³-hybridized carbons (Fsp3) is 0.348. The Morgan fingerprint density at radius 2 is 2.07 bits per heavy atom. The average Bonchev–Trinajstić information content (AvgIpc) is 2.98. The van der Waals surface area contributed by atoms with Crippen LogP contribution < -0.4 is 9.47 Å². The van der Waals surface area contributed by atoms with E-state index in [9.17, 15) is 4.79 Å². The topological polar surface area (TPSA) is 48.0 Å². The minimum absolute atomic E-state index is 0.0705. The Kier molecular flexibility index (Phi) is 5.20. The van der Waals surface area contributed by atoms with Gasteiger partial charge in [0.1, 0.15) is 18.2 Å². The minimum Gasteiger partial charge on any atom is -0.477 e. The molecule has 146 valence electrons. The molecule has 2 aromatic carbocycles. The highest BCUT2D eigenvalue weighted by Gasteiger charge is 2.33. The van der Waals surface area contributed by atoms with Crippen LogP contribution in [-0.4, -0.2) is 37.7 Å². The maximum atomic E-state index is 13.0. The molecule has 2 aliphatic heterocycles. The summed E-state index contributed by atoms with van der Waals surface area (Å²) >= 11 is 0. The van der Waals surface area contributed by atoms with E-state index in [1.54, 1.807) is 7.11 Å². The quantitative estimate of drug-likeness (QED) is 0.578. The Morgan fingerprint density at radius 1 is 1.21 bits per heavy atom. The molecule has 0 radical (unpaired) electrons. The van der Waals surface area contributed by atoms with Crippen LogP contribution in [0.5, 0.6) is 11.5 Å². The first-order chi connectivity index (χ1) is 13.6. The van der Waals surface area contributed by atoms with Gasteiger partial charge in [-0.2, -0.15) is 0 Å². The molecule has 2 aromatic rings. The van der Waals surface area contributed by atoms with Gasteiger partial charge in [-0.1, -0.05) is 29.8 Å². The zero-order valence-corrected chi connectivity index (χ0v) is 16.6. The number of carbonyl (C=O) groups excluding carboxylic acids is 1. The number of fused-ring (bicyclic) bond motifs is 2. The van der Waals surface area contributed by atoms with E-state index in [-0.39, 0.29) is 5.78 Å². The second-order valence-corrected chi connectivity index (χ2v) is 7.39. The molecule has 0 fully saturated rings. The highest BCUT2D eigenvalue weighted by atomic mass is 16.5. The molecule has 0 saturated heterocycles. The Morgan fingerprint density at radius 3 is 2.86 bits per heavy atom. The van der Waals surface area contributed by atoms with Crippen LogP contribution in [0.25, 0.3) is 6.08 Å². The number of hydrogen-bond donors (Lipinski definition) is 0. The summed E-state index contributed by atoms with van der Waals surface area (Å²) in [4.78, 5) is 15.2. The highest BCUT2D eigenvalue weighted by molar-refractivity contribution is 6.15. The Labute approximate surface area is 165 Å². The van der Waals surface area contributed by atoms with Gasteiger partial charge in [0.25, 0.3) is 0 Å². The predicted molar refractivity (Wildman–Crippen MR) is 108 cm³/mol. The maximum Gasteiger partial charge on any atom is 0.231 e. The molecule has 0 bridgehead atoms. The molecule has 28 heavy (non-hydrogen) atoms. The molecule has 0 aliphatic carbocycles. The molecule has 4 rings (SSSR count). The van der Waals surface area contributed by atoms with Gasteiger partial charge in [0.15, 0.2) is 5.76 Å². The van der Waals surface area contributed by atoms with Crippen molar-refractivity contribution in [2.24, 2.45) is 0 Å². The third-order valence-electron chi connectivity index (χ3n) is 5.16. The van der Waals surface area contributed by atoms with E-state index in [4.69, 9.17) is 14.2 Å². The van der Waals surface area contributed by atoms with Crippen LogP contribution in [0.15, 0.2) is 36.1 Å². The summed E-state index contributed by atoms with van der Waals surface area (Å²) in [7, 11) is 1.71. The minimum atomic E-state index is -0.0705. The highest BCUT2D eigenvalue weighted by Crippen LogP contribution is 2.43. The molecular weight excluding hydrogens is 354 g/mol. The Balaban J connectivity index is 1.61. The summed E-state index contributed by atoms with van der Waals surface area (Å²) in [6.07, 6.45) is 2.76. The number of hydrogen-bond acceptors (Lipinski definition) is 5. The number of ketones is 1. The largest absolute Gasteiger partial charge is 0.477 e. The molecule has 0 unspecified atom stereocenters. The fourth-order valence-electron chi connectivity index (χ4n) is 3.78. The monoisotopic (exact) mass is 379 g/mol. The van der Waals surface area contributed by atoms with E-state index < -0.39 is 0 Å². The smallest absolute Gasteiger partial charge is 0.231 e. The summed E-state index contributed by atoms with van der Waals surface area (Å²) in [5.74, 6) is 1.75. The molecule has 2 heterocycles. The van der Waals surface area contributed by atoms with Crippen LogP contribution >= 0.6 is 0 Å². The van der Waals surface area contributed by atoms with Gasteiger partial charge in [0.05, 0.1) is 5.56 Å². The number of nitrogens with zero attached hydrogens (tertiary/aromatic N) is 1. The molecule has 0 saturated carbocycles. The third kappa shape index (κ3) is 3.55. The van der Waals surface area contributed by atoms with Gasteiger partial charge in [0, 0.05) is 37.9 Å². The van der Waals surface area contributed by atoms with Crippen LogP contribution in [-0.2, 0) is 11.3 Å². The summed E-state index contributed by atoms with van der Waals surface area (Å²) in [6.45, 7) is 6.91. The second kappa shape index (κ2) is 7.78. The van der Waals surface area contributed by atoms with Crippen molar-refractivity contribution in [2.75, 3.05) is 27.0 Å². The van der Waals surface area contributed by atoms with Gasteiger partial charge in [-0.05, 0) is 38.0 Å². The van der Waals surface area contributed by atoms with Crippen LogP contribution in [0.2, 0.25) is 0 Å². The number of allylic oxidation sites excluding steroid dienone is 1. The standard InChI is InChI=1S/C23H25NO4/c1-15-6-4-7-17(10-15)11-20-21(25)19-12-18-13-24(8-5-9-26-3)14-27-22(18)16(2)23(19)28-20/h4,6-7,10-12H,5,8-9,13-14H2,1-3H3/b20-11-. The van der Waals surface area contributed by atoms with Crippen molar-refractivity contribution in [1.82, 2.24) is 4.90 Å². The fourth-order valence-corrected chi connectivity index (χ4v) is 3.78. The summed E-state index contributed by atoms with van der Waals surface area (Å²) in [5.41, 5.74) is 4.65. The van der Waals surface area contributed by atoms with Crippen molar-refractivity contribution in [3.05, 3.63) is 63.9 Å². The molecule has 2 aliphatic rings. The first kappa shape index (κ1) is 18.7. The number of rotatable bonds is 5. The van der Waals surface area contributed by atoms with E-state index in [0.29, 0.717) is 23.8 Å². The van der Waals surface area contributed by atoms with Crippen molar-refractivity contribution in [1.29, 1.82) is 0 Å². The lowest BCUT2D eigenvalue weighted by molar-refractivity contribution is 0.0826. The SMILES string of the molecule is COCCCN1COc2c(cc3c(c2C)O/C(=C\c2cccc(C)c2)C3=O)C1. The molecule has 0 spiro atoms. The average molecular weight is 379 g/mol. The van der Waals surface area contributed by atoms with Crippen molar-refractivity contribution in [2.45, 2.75) is 26.8 Å². The molecule has 0 amide bonds. The van der Waals surface area contributed by atoms with Gasteiger partial charge >= 0.3 is 0 Å². The number of aryl methyl sites for hydroxylation is 1. The normalized spacial score (nSPS) is 17.2. The van der Waals surface area contributed by atoms with Crippen LogP contribution in [0, 0.1) is 13.8 Å². The maximum absolute atomic E-state index is 13.0. The Hall–Kier alpha value is -2.63. The zero-order chi connectivity index (χ0) is 19.7.